The number of primary amides is 1. The van der Waals surface area contributed by atoms with Crippen molar-refractivity contribution in [3.63, 3.8) is 0 Å². The first-order valence-corrected chi connectivity index (χ1v) is 8.09. The third-order valence-corrected chi connectivity index (χ3v) is 3.45. The molecule has 0 spiro atoms. The Hall–Kier alpha value is -0.660. The fourth-order valence-electron chi connectivity index (χ4n) is 1.49. The molecule has 7 heteroatoms. The monoisotopic (exact) mass is 279 g/mol. The maximum Gasteiger partial charge on any atom is 0.234 e. The molecule has 0 aromatic rings. The Morgan fingerprint density at radius 2 is 1.89 bits per heavy atom. The minimum atomic E-state index is -2.94. The number of rotatable bonds is 9. The summed E-state index contributed by atoms with van der Waals surface area (Å²) in [6.07, 6.45) is 1.79. The van der Waals surface area contributed by atoms with Crippen LogP contribution in [0.15, 0.2) is 0 Å². The molecule has 0 aromatic carbocycles. The number of nitrogens with two attached hydrogens (primary N) is 1. The van der Waals surface area contributed by atoms with Crippen molar-refractivity contribution in [1.82, 2.24) is 10.2 Å². The van der Waals surface area contributed by atoms with Crippen LogP contribution in [-0.4, -0.2) is 63.5 Å². The van der Waals surface area contributed by atoms with E-state index in [1.807, 2.05) is 25.8 Å². The van der Waals surface area contributed by atoms with Gasteiger partial charge in [0.15, 0.2) is 0 Å². The van der Waals surface area contributed by atoms with Gasteiger partial charge in [-0.15, -0.1) is 0 Å². The lowest BCUT2D eigenvalue weighted by Crippen LogP contribution is -2.46. The molecule has 0 aliphatic heterocycles. The van der Waals surface area contributed by atoms with Crippen molar-refractivity contribution in [3.8, 4) is 0 Å². The molecule has 1 amide bonds. The minimum absolute atomic E-state index is 0.127. The van der Waals surface area contributed by atoms with Crippen LogP contribution in [0.4, 0.5) is 0 Å². The maximum absolute atomic E-state index is 11.2. The highest BCUT2D eigenvalue weighted by molar-refractivity contribution is 7.90. The molecule has 0 saturated carbocycles. The quantitative estimate of drug-likeness (QED) is 0.577. The van der Waals surface area contributed by atoms with Gasteiger partial charge in [0, 0.05) is 18.8 Å². The Morgan fingerprint density at radius 3 is 2.28 bits per heavy atom. The van der Waals surface area contributed by atoms with Crippen molar-refractivity contribution >= 4 is 15.7 Å². The summed E-state index contributed by atoms with van der Waals surface area (Å²) in [5.41, 5.74) is 5.30. The molecule has 0 rings (SSSR count). The van der Waals surface area contributed by atoms with E-state index < -0.39 is 9.84 Å². The summed E-state index contributed by atoms with van der Waals surface area (Å²) in [6, 6.07) is -0.186. The van der Waals surface area contributed by atoms with E-state index in [2.05, 4.69) is 5.32 Å². The van der Waals surface area contributed by atoms with Gasteiger partial charge < -0.3 is 16.0 Å². The molecule has 1 atom stereocenters. The van der Waals surface area contributed by atoms with E-state index in [0.717, 1.165) is 0 Å². The fourth-order valence-corrected chi connectivity index (χ4v) is 2.14. The zero-order chi connectivity index (χ0) is 14.3. The van der Waals surface area contributed by atoms with Crippen molar-refractivity contribution in [2.24, 2.45) is 5.73 Å². The number of nitrogens with one attached hydrogen (secondary N) is 1. The van der Waals surface area contributed by atoms with Crippen molar-refractivity contribution < 1.29 is 13.2 Å². The second-order valence-electron chi connectivity index (χ2n) is 5.00. The number of sulfone groups is 1. The molecular weight excluding hydrogens is 254 g/mol. The average molecular weight is 279 g/mol. The van der Waals surface area contributed by atoms with Crippen LogP contribution in [0.2, 0.25) is 0 Å². The zero-order valence-electron chi connectivity index (χ0n) is 11.6. The lowest BCUT2D eigenvalue weighted by atomic mass is 10.1. The van der Waals surface area contributed by atoms with Crippen LogP contribution in [0, 0.1) is 0 Å². The summed E-state index contributed by atoms with van der Waals surface area (Å²) >= 11 is 0. The molecule has 6 nitrogen and oxygen atoms in total. The van der Waals surface area contributed by atoms with Gasteiger partial charge >= 0.3 is 0 Å². The maximum atomic E-state index is 11.2. The molecule has 108 valence electrons. The molecule has 3 N–H and O–H groups in total. The van der Waals surface area contributed by atoms with Gasteiger partial charge in [-0.05, 0) is 20.0 Å². The van der Waals surface area contributed by atoms with Crippen LogP contribution in [0.3, 0.4) is 0 Å². The lowest BCUT2D eigenvalue weighted by molar-refractivity contribution is -0.120. The molecule has 0 fully saturated rings. The first-order chi connectivity index (χ1) is 8.11. The topological polar surface area (TPSA) is 92.5 Å². The summed E-state index contributed by atoms with van der Waals surface area (Å²) in [4.78, 5) is 13.1. The Bertz CT molecular complexity index is 355. The van der Waals surface area contributed by atoms with Gasteiger partial charge in [0.25, 0.3) is 0 Å². The van der Waals surface area contributed by atoms with E-state index in [1.54, 1.807) is 0 Å². The second-order valence-corrected chi connectivity index (χ2v) is 7.26. The normalized spacial score (nSPS) is 14.1. The molecule has 0 aliphatic carbocycles. The van der Waals surface area contributed by atoms with Crippen molar-refractivity contribution in [2.45, 2.75) is 32.4 Å². The summed E-state index contributed by atoms with van der Waals surface area (Å²) in [5.74, 6) is -0.247. The molecule has 0 heterocycles. The van der Waals surface area contributed by atoms with Gasteiger partial charge in [0.05, 0.1) is 11.8 Å². The zero-order valence-corrected chi connectivity index (χ0v) is 12.5. The van der Waals surface area contributed by atoms with Gasteiger partial charge in [0.2, 0.25) is 5.91 Å². The van der Waals surface area contributed by atoms with Gasteiger partial charge in [-0.2, -0.15) is 0 Å². The lowest BCUT2D eigenvalue weighted by Gasteiger charge is -2.22. The van der Waals surface area contributed by atoms with Gasteiger partial charge in [-0.25, -0.2) is 8.42 Å². The fraction of sp³-hybridized carbons (Fsp3) is 0.909. The number of hydrogen-bond donors (Lipinski definition) is 2. The molecular formula is C11H25N3O3S. The average Bonchev–Trinajstić information content (AvgIpc) is 2.19. The summed E-state index contributed by atoms with van der Waals surface area (Å²) in [6.45, 7) is 4.99. The minimum Gasteiger partial charge on any atom is -0.368 e. The van der Waals surface area contributed by atoms with Crippen LogP contribution < -0.4 is 11.1 Å². The summed E-state index contributed by atoms with van der Waals surface area (Å²) in [5, 5.41) is 3.09. The first-order valence-electron chi connectivity index (χ1n) is 6.03. The van der Waals surface area contributed by atoms with E-state index in [9.17, 15) is 13.2 Å². The molecule has 1 unspecified atom stereocenters. The van der Waals surface area contributed by atoms with Crippen LogP contribution in [0.25, 0.3) is 0 Å². The van der Waals surface area contributed by atoms with Crippen molar-refractivity contribution in [1.29, 1.82) is 0 Å². The van der Waals surface area contributed by atoms with E-state index in [-0.39, 0.29) is 23.7 Å². The van der Waals surface area contributed by atoms with Crippen LogP contribution in [-0.2, 0) is 14.6 Å². The Balaban J connectivity index is 4.07. The highest BCUT2D eigenvalue weighted by Gasteiger charge is 2.16. The Kier molecular flexibility index (Phi) is 7.42. The smallest absolute Gasteiger partial charge is 0.234 e. The number of carbonyl (C=O) groups excluding carboxylic acids is 1. The van der Waals surface area contributed by atoms with E-state index in [4.69, 9.17) is 5.73 Å². The number of hydrogen-bond acceptors (Lipinski definition) is 5. The third kappa shape index (κ3) is 9.38. The van der Waals surface area contributed by atoms with Crippen molar-refractivity contribution in [2.75, 3.05) is 32.1 Å². The van der Waals surface area contributed by atoms with E-state index in [0.29, 0.717) is 19.5 Å². The van der Waals surface area contributed by atoms with E-state index in [1.165, 1.54) is 6.26 Å². The van der Waals surface area contributed by atoms with Gasteiger partial charge in [-0.3, -0.25) is 4.79 Å². The SMILES string of the molecule is CC(C)NC(CCN(C)CCS(C)(=O)=O)C(N)=O. The molecule has 0 aliphatic rings. The second kappa shape index (κ2) is 7.70. The largest absolute Gasteiger partial charge is 0.368 e. The van der Waals surface area contributed by atoms with Crippen LogP contribution in [0.1, 0.15) is 20.3 Å². The molecule has 0 radical (unpaired) electrons. The standard InChI is InChI=1S/C11H25N3O3S/c1-9(2)13-10(11(12)15)5-6-14(3)7-8-18(4,16)17/h9-10,13H,5-8H2,1-4H3,(H2,12,15). The highest BCUT2D eigenvalue weighted by atomic mass is 32.2. The predicted molar refractivity (Wildman–Crippen MR) is 73.1 cm³/mol. The predicted octanol–water partition coefficient (Wildman–Crippen LogP) is -0.795. The Labute approximate surface area is 110 Å². The summed E-state index contributed by atoms with van der Waals surface area (Å²) < 4.78 is 22.0. The molecule has 0 saturated heterocycles. The number of carbonyl (C=O) groups is 1. The number of amides is 1. The Morgan fingerprint density at radius 1 is 1.33 bits per heavy atom. The van der Waals surface area contributed by atoms with Crippen LogP contribution in [0.5, 0.6) is 0 Å². The molecule has 18 heavy (non-hydrogen) atoms. The molecule has 0 aromatic heterocycles. The summed E-state index contributed by atoms with van der Waals surface area (Å²) in [7, 11) is -1.11. The highest BCUT2D eigenvalue weighted by Crippen LogP contribution is 1.97. The number of nitrogens with zero attached hydrogens (tertiary/aromatic N) is 1. The van der Waals surface area contributed by atoms with Crippen LogP contribution >= 0.6 is 0 Å². The van der Waals surface area contributed by atoms with Gasteiger partial charge in [0.1, 0.15) is 9.84 Å². The van der Waals surface area contributed by atoms with E-state index >= 15 is 0 Å². The van der Waals surface area contributed by atoms with Crippen molar-refractivity contribution in [3.05, 3.63) is 0 Å². The van der Waals surface area contributed by atoms with Gasteiger partial charge in [-0.1, -0.05) is 13.8 Å². The molecule has 0 bridgehead atoms. The third-order valence-electron chi connectivity index (χ3n) is 2.52. The first kappa shape index (κ1) is 17.3.